The average Bonchev–Trinajstić information content (AvgIpc) is 3.00. The summed E-state index contributed by atoms with van der Waals surface area (Å²) in [4.78, 5) is 27.1. The average molecular weight is 418 g/mol. The summed E-state index contributed by atoms with van der Waals surface area (Å²) in [6.07, 6.45) is 4.09. The van der Waals surface area contributed by atoms with E-state index in [1.807, 2.05) is 36.1 Å². The summed E-state index contributed by atoms with van der Waals surface area (Å²) in [6.45, 7) is 6.65. The van der Waals surface area contributed by atoms with Crippen LogP contribution in [-0.2, 0) is 16.1 Å². The maximum atomic E-state index is 12.7. The Balaban J connectivity index is 1.67. The smallest absolute Gasteiger partial charge is 0.342 e. The lowest BCUT2D eigenvalue weighted by Crippen LogP contribution is -2.45. The summed E-state index contributed by atoms with van der Waals surface area (Å²) in [7, 11) is 0. The molecule has 1 aromatic heterocycles. The quantitative estimate of drug-likeness (QED) is 0.662. The Labute approximate surface area is 176 Å². The fourth-order valence-corrected chi connectivity index (χ4v) is 4.17. The SMILES string of the molecule is CCC1CCCCN1C(=O)COC(=O)c1c(C)nn(Cc2ccccc2Cl)c1C. The van der Waals surface area contributed by atoms with Crippen molar-refractivity contribution in [2.24, 2.45) is 0 Å². The Kier molecular flexibility index (Phi) is 6.96. The van der Waals surface area contributed by atoms with Crippen LogP contribution in [-0.4, -0.2) is 45.8 Å². The fraction of sp³-hybridized carbons (Fsp3) is 0.500. The third-order valence-electron chi connectivity index (χ3n) is 5.61. The first-order valence-electron chi connectivity index (χ1n) is 10.2. The van der Waals surface area contributed by atoms with Crippen molar-refractivity contribution in [3.05, 3.63) is 51.8 Å². The summed E-state index contributed by atoms with van der Waals surface area (Å²) in [6, 6.07) is 7.79. The van der Waals surface area contributed by atoms with Crippen molar-refractivity contribution in [1.29, 1.82) is 0 Å². The first-order chi connectivity index (χ1) is 13.9. The molecular weight excluding hydrogens is 390 g/mol. The van der Waals surface area contributed by atoms with Crippen LogP contribution in [0.15, 0.2) is 24.3 Å². The lowest BCUT2D eigenvalue weighted by molar-refractivity contribution is -0.138. The number of carbonyl (C=O) groups excluding carboxylic acids is 2. The minimum absolute atomic E-state index is 0.122. The molecule has 7 heteroatoms. The van der Waals surface area contributed by atoms with Crippen LogP contribution < -0.4 is 0 Å². The van der Waals surface area contributed by atoms with E-state index in [0.717, 1.165) is 37.8 Å². The molecule has 0 spiro atoms. The minimum Gasteiger partial charge on any atom is -0.452 e. The Morgan fingerprint density at radius 2 is 2.00 bits per heavy atom. The number of esters is 1. The highest BCUT2D eigenvalue weighted by molar-refractivity contribution is 6.31. The van der Waals surface area contributed by atoms with Gasteiger partial charge in [0.05, 0.1) is 17.9 Å². The predicted molar refractivity (Wildman–Crippen MR) is 112 cm³/mol. The molecule has 0 aliphatic carbocycles. The van der Waals surface area contributed by atoms with Crippen molar-refractivity contribution in [2.75, 3.05) is 13.2 Å². The maximum absolute atomic E-state index is 12.7. The van der Waals surface area contributed by atoms with Gasteiger partial charge in [-0.3, -0.25) is 9.48 Å². The van der Waals surface area contributed by atoms with Crippen molar-refractivity contribution in [2.45, 2.75) is 59.0 Å². The zero-order valence-electron chi connectivity index (χ0n) is 17.3. The number of carbonyl (C=O) groups is 2. The molecule has 1 aliphatic heterocycles. The highest BCUT2D eigenvalue weighted by Gasteiger charge is 2.27. The van der Waals surface area contributed by atoms with Gasteiger partial charge in [0.25, 0.3) is 5.91 Å². The molecule has 156 valence electrons. The molecule has 0 saturated carbocycles. The standard InChI is InChI=1S/C22H28ClN3O3/c1-4-18-10-7-8-12-25(18)20(27)14-29-22(28)21-15(2)24-26(16(21)3)13-17-9-5-6-11-19(17)23/h5-6,9,11,18H,4,7-8,10,12-14H2,1-3H3. The van der Waals surface area contributed by atoms with E-state index in [-0.39, 0.29) is 18.6 Å². The van der Waals surface area contributed by atoms with E-state index in [2.05, 4.69) is 12.0 Å². The molecular formula is C22H28ClN3O3. The number of amides is 1. The number of hydrogen-bond donors (Lipinski definition) is 0. The van der Waals surface area contributed by atoms with Gasteiger partial charge in [-0.1, -0.05) is 36.7 Å². The van der Waals surface area contributed by atoms with Crippen LogP contribution in [0.25, 0.3) is 0 Å². The van der Waals surface area contributed by atoms with Crippen molar-refractivity contribution >= 4 is 23.5 Å². The maximum Gasteiger partial charge on any atom is 0.342 e. The lowest BCUT2D eigenvalue weighted by atomic mass is 10.00. The van der Waals surface area contributed by atoms with E-state index in [4.69, 9.17) is 16.3 Å². The monoisotopic (exact) mass is 417 g/mol. The number of likely N-dealkylation sites (tertiary alicyclic amines) is 1. The number of nitrogens with zero attached hydrogens (tertiary/aromatic N) is 3. The van der Waals surface area contributed by atoms with Crippen molar-refractivity contribution in [3.8, 4) is 0 Å². The summed E-state index contributed by atoms with van der Waals surface area (Å²) in [5.41, 5.74) is 2.61. The molecule has 0 N–H and O–H groups in total. The summed E-state index contributed by atoms with van der Waals surface area (Å²) >= 11 is 6.24. The molecule has 2 heterocycles. The highest BCUT2D eigenvalue weighted by Crippen LogP contribution is 2.21. The molecule has 2 aromatic rings. The molecule has 0 bridgehead atoms. The minimum atomic E-state index is -0.510. The summed E-state index contributed by atoms with van der Waals surface area (Å²) in [5, 5.41) is 5.13. The molecule has 6 nitrogen and oxygen atoms in total. The number of aryl methyl sites for hydroxylation is 1. The van der Waals surface area contributed by atoms with E-state index in [9.17, 15) is 9.59 Å². The van der Waals surface area contributed by atoms with Gasteiger partial charge >= 0.3 is 5.97 Å². The third-order valence-corrected chi connectivity index (χ3v) is 5.98. The van der Waals surface area contributed by atoms with Gasteiger partial charge in [-0.2, -0.15) is 5.10 Å². The molecule has 1 aromatic carbocycles. The molecule has 1 atom stereocenters. The van der Waals surface area contributed by atoms with E-state index in [0.29, 0.717) is 28.5 Å². The normalized spacial score (nSPS) is 16.7. The molecule has 0 radical (unpaired) electrons. The van der Waals surface area contributed by atoms with Crippen LogP contribution in [0.2, 0.25) is 5.02 Å². The Bertz CT molecular complexity index is 893. The number of rotatable bonds is 6. The predicted octanol–water partition coefficient (Wildman–Crippen LogP) is 4.15. The van der Waals surface area contributed by atoms with E-state index in [1.54, 1.807) is 11.6 Å². The van der Waals surface area contributed by atoms with Gasteiger partial charge in [-0.05, 0) is 51.2 Å². The van der Waals surface area contributed by atoms with E-state index >= 15 is 0 Å². The topological polar surface area (TPSA) is 64.4 Å². The second-order valence-corrected chi connectivity index (χ2v) is 7.92. The molecule has 1 aliphatic rings. The zero-order valence-corrected chi connectivity index (χ0v) is 18.0. The Morgan fingerprint density at radius 3 is 2.72 bits per heavy atom. The molecule has 1 unspecified atom stereocenters. The molecule has 1 fully saturated rings. The first kappa shape index (κ1) is 21.4. The van der Waals surface area contributed by atoms with Gasteiger partial charge in [-0.25, -0.2) is 4.79 Å². The number of halogens is 1. The fourth-order valence-electron chi connectivity index (χ4n) is 3.97. The van der Waals surface area contributed by atoms with Gasteiger partial charge in [0.15, 0.2) is 6.61 Å². The van der Waals surface area contributed by atoms with Gasteiger partial charge in [0.1, 0.15) is 5.56 Å². The lowest BCUT2D eigenvalue weighted by Gasteiger charge is -2.35. The van der Waals surface area contributed by atoms with E-state index in [1.165, 1.54) is 0 Å². The highest BCUT2D eigenvalue weighted by atomic mass is 35.5. The summed E-state index contributed by atoms with van der Waals surface area (Å²) < 4.78 is 7.12. The van der Waals surface area contributed by atoms with Crippen LogP contribution in [0, 0.1) is 13.8 Å². The van der Waals surface area contributed by atoms with Gasteiger partial charge in [0, 0.05) is 17.6 Å². The van der Waals surface area contributed by atoms with Crippen molar-refractivity contribution in [3.63, 3.8) is 0 Å². The largest absolute Gasteiger partial charge is 0.452 e. The number of hydrogen-bond acceptors (Lipinski definition) is 4. The summed E-state index contributed by atoms with van der Waals surface area (Å²) in [5.74, 6) is -0.632. The van der Waals surface area contributed by atoms with Crippen LogP contribution in [0.3, 0.4) is 0 Å². The zero-order chi connectivity index (χ0) is 21.0. The third kappa shape index (κ3) is 4.81. The van der Waals surface area contributed by atoms with Crippen molar-refractivity contribution < 1.29 is 14.3 Å². The number of aromatic nitrogens is 2. The number of piperidine rings is 1. The Morgan fingerprint density at radius 1 is 1.24 bits per heavy atom. The molecule has 29 heavy (non-hydrogen) atoms. The Hall–Kier alpha value is -2.34. The van der Waals surface area contributed by atoms with Crippen LogP contribution >= 0.6 is 11.6 Å². The molecule has 3 rings (SSSR count). The van der Waals surface area contributed by atoms with E-state index < -0.39 is 5.97 Å². The molecule has 1 saturated heterocycles. The number of ether oxygens (including phenoxy) is 1. The van der Waals surface area contributed by atoms with Crippen LogP contribution in [0.4, 0.5) is 0 Å². The van der Waals surface area contributed by atoms with Gasteiger partial charge < -0.3 is 9.64 Å². The molecule has 1 amide bonds. The second-order valence-electron chi connectivity index (χ2n) is 7.52. The van der Waals surface area contributed by atoms with Crippen molar-refractivity contribution in [1.82, 2.24) is 14.7 Å². The van der Waals surface area contributed by atoms with Gasteiger partial charge in [0.2, 0.25) is 0 Å². The van der Waals surface area contributed by atoms with Gasteiger partial charge in [-0.15, -0.1) is 0 Å². The van der Waals surface area contributed by atoms with Crippen LogP contribution in [0.1, 0.15) is 59.9 Å². The first-order valence-corrected chi connectivity index (χ1v) is 10.5. The van der Waals surface area contributed by atoms with Crippen LogP contribution in [0.5, 0.6) is 0 Å². The number of benzene rings is 1. The second kappa shape index (κ2) is 9.44.